The highest BCUT2D eigenvalue weighted by Gasteiger charge is 2.31. The summed E-state index contributed by atoms with van der Waals surface area (Å²) in [5, 5.41) is 0. The number of rotatable bonds is 4. The van der Waals surface area contributed by atoms with E-state index in [1.165, 1.54) is 66.8 Å². The molecule has 0 atom stereocenters. The summed E-state index contributed by atoms with van der Waals surface area (Å²) in [6, 6.07) is 31.1. The molecular formula is C38H32. The largest absolute Gasteiger partial charge is 0.0905 e. The van der Waals surface area contributed by atoms with Crippen molar-refractivity contribution >= 4 is 11.1 Å². The third-order valence-electron chi connectivity index (χ3n) is 7.72. The number of fused-ring (bicyclic) bond motifs is 5. The molecule has 0 saturated carbocycles. The zero-order valence-corrected chi connectivity index (χ0v) is 22.2. The number of benzene rings is 4. The van der Waals surface area contributed by atoms with Crippen LogP contribution in [0.25, 0.3) is 33.4 Å². The lowest BCUT2D eigenvalue weighted by atomic mass is 9.85. The van der Waals surface area contributed by atoms with Crippen LogP contribution in [-0.4, -0.2) is 0 Å². The summed E-state index contributed by atoms with van der Waals surface area (Å²) >= 11 is 0. The van der Waals surface area contributed by atoms with E-state index >= 15 is 0 Å². The molecule has 0 amide bonds. The van der Waals surface area contributed by atoms with Gasteiger partial charge in [0.25, 0.3) is 0 Å². The van der Waals surface area contributed by atoms with Crippen LogP contribution in [-0.2, 0) is 6.42 Å². The molecule has 0 heterocycles. The van der Waals surface area contributed by atoms with Gasteiger partial charge >= 0.3 is 0 Å². The predicted molar refractivity (Wildman–Crippen MR) is 164 cm³/mol. The van der Waals surface area contributed by atoms with E-state index in [1.54, 1.807) is 0 Å². The molecule has 0 aromatic heterocycles. The van der Waals surface area contributed by atoms with Crippen LogP contribution in [0.1, 0.15) is 39.8 Å². The van der Waals surface area contributed by atoms with Crippen LogP contribution in [0.2, 0.25) is 0 Å². The molecule has 0 nitrogen and oxygen atoms in total. The molecule has 0 heteroatoms. The highest BCUT2D eigenvalue weighted by atomic mass is 14.3. The fourth-order valence-electron chi connectivity index (χ4n) is 5.73. The molecule has 4 aromatic rings. The Balaban J connectivity index is 1.63. The van der Waals surface area contributed by atoms with Crippen LogP contribution in [0.3, 0.4) is 0 Å². The van der Waals surface area contributed by atoms with Gasteiger partial charge in [0.1, 0.15) is 0 Å². The van der Waals surface area contributed by atoms with E-state index in [-0.39, 0.29) is 0 Å². The first-order chi connectivity index (χ1) is 18.6. The van der Waals surface area contributed by atoms with Gasteiger partial charge in [-0.05, 0) is 93.5 Å². The smallest absolute Gasteiger partial charge is 0.00142 e. The van der Waals surface area contributed by atoms with Gasteiger partial charge in [0.05, 0.1) is 0 Å². The van der Waals surface area contributed by atoms with Crippen molar-refractivity contribution in [3.63, 3.8) is 0 Å². The van der Waals surface area contributed by atoms with Gasteiger partial charge in [-0.15, -0.1) is 0 Å². The highest BCUT2D eigenvalue weighted by Crippen LogP contribution is 2.52. The molecule has 38 heavy (non-hydrogen) atoms. The number of aryl methyl sites for hydroxylation is 2. The minimum absolute atomic E-state index is 0.899. The molecule has 2 aliphatic rings. The van der Waals surface area contributed by atoms with Gasteiger partial charge in [0, 0.05) is 0 Å². The summed E-state index contributed by atoms with van der Waals surface area (Å²) in [5.74, 6) is 0. The van der Waals surface area contributed by atoms with Crippen molar-refractivity contribution in [2.45, 2.75) is 26.7 Å². The van der Waals surface area contributed by atoms with E-state index in [0.717, 1.165) is 18.4 Å². The van der Waals surface area contributed by atoms with Gasteiger partial charge in [-0.1, -0.05) is 134 Å². The first-order valence-corrected chi connectivity index (χ1v) is 13.4. The number of hydrogen-bond acceptors (Lipinski definition) is 0. The quantitative estimate of drug-likeness (QED) is 0.268. The molecule has 6 rings (SSSR count). The molecular weight excluding hydrogens is 456 g/mol. The van der Waals surface area contributed by atoms with E-state index in [2.05, 4.69) is 142 Å². The van der Waals surface area contributed by atoms with Crippen LogP contribution in [0.15, 0.2) is 134 Å². The summed E-state index contributed by atoms with van der Waals surface area (Å²) in [4.78, 5) is 0. The van der Waals surface area contributed by atoms with Crippen molar-refractivity contribution in [2.75, 3.05) is 0 Å². The maximum atomic E-state index is 4.61. The standard InChI is InChI=1S/C38H32/c1-26-19-21-29(22-20-26)25-30-14-10-12-18-34(30)36-24-23-35(31-15-11-9-13-27(31)2)37-32-16-7-5-4-6-8-17-33(28(32)3)38(36)37/h5-24H,3-4,25H2,1-2H3. The number of allylic oxidation sites excluding steroid dienone is 9. The third kappa shape index (κ3) is 4.33. The fraction of sp³-hybridized carbons (Fsp3) is 0.105. The Morgan fingerprint density at radius 1 is 0.605 bits per heavy atom. The minimum atomic E-state index is 0.899. The summed E-state index contributed by atoms with van der Waals surface area (Å²) in [7, 11) is 0. The van der Waals surface area contributed by atoms with E-state index in [1.807, 2.05) is 0 Å². The summed E-state index contributed by atoms with van der Waals surface area (Å²) in [6.07, 6.45) is 15.1. The lowest BCUT2D eigenvalue weighted by molar-refractivity contribution is 1.19. The Labute approximate surface area is 226 Å². The van der Waals surface area contributed by atoms with E-state index < -0.39 is 0 Å². The van der Waals surface area contributed by atoms with Gasteiger partial charge in [0.2, 0.25) is 0 Å². The second kappa shape index (κ2) is 10.1. The van der Waals surface area contributed by atoms with Crippen molar-refractivity contribution in [1.29, 1.82) is 0 Å². The number of hydrogen-bond donors (Lipinski definition) is 0. The average Bonchev–Trinajstić information content (AvgIpc) is 3.19. The van der Waals surface area contributed by atoms with Gasteiger partial charge in [0.15, 0.2) is 0 Å². The molecule has 4 aromatic carbocycles. The van der Waals surface area contributed by atoms with Crippen LogP contribution in [0, 0.1) is 13.8 Å². The highest BCUT2D eigenvalue weighted by molar-refractivity contribution is 6.14. The summed E-state index contributed by atoms with van der Waals surface area (Å²) < 4.78 is 0. The van der Waals surface area contributed by atoms with E-state index in [4.69, 9.17) is 0 Å². The first kappa shape index (κ1) is 23.9. The van der Waals surface area contributed by atoms with Gasteiger partial charge in [-0.3, -0.25) is 0 Å². The monoisotopic (exact) mass is 488 g/mol. The maximum Gasteiger partial charge on any atom is -0.00142 e. The second-order valence-corrected chi connectivity index (χ2v) is 10.3. The molecule has 0 N–H and O–H groups in total. The Kier molecular flexibility index (Phi) is 6.40. The van der Waals surface area contributed by atoms with Gasteiger partial charge in [-0.25, -0.2) is 0 Å². The maximum absolute atomic E-state index is 4.61. The van der Waals surface area contributed by atoms with E-state index in [0.29, 0.717) is 0 Å². The molecule has 0 spiro atoms. The van der Waals surface area contributed by atoms with Crippen molar-refractivity contribution in [3.8, 4) is 22.3 Å². The van der Waals surface area contributed by atoms with Crippen LogP contribution < -0.4 is 0 Å². The topological polar surface area (TPSA) is 0 Å². The van der Waals surface area contributed by atoms with Crippen molar-refractivity contribution in [1.82, 2.24) is 0 Å². The molecule has 184 valence electrons. The van der Waals surface area contributed by atoms with E-state index in [9.17, 15) is 0 Å². The van der Waals surface area contributed by atoms with Crippen molar-refractivity contribution < 1.29 is 0 Å². The predicted octanol–water partition coefficient (Wildman–Crippen LogP) is 10.1. The second-order valence-electron chi connectivity index (χ2n) is 10.3. The molecule has 2 bridgehead atoms. The molecule has 0 aliphatic heterocycles. The summed E-state index contributed by atoms with van der Waals surface area (Å²) in [6.45, 7) is 8.96. The SMILES string of the molecule is C=C1C2=CC=CCC=CC=C1c1c(-c3ccccc3Cc3ccc(C)cc3)ccc(-c3ccccc3C)c12. The normalized spacial score (nSPS) is 14.2. The Morgan fingerprint density at radius 2 is 1.18 bits per heavy atom. The molecule has 0 unspecified atom stereocenters. The molecule has 0 radical (unpaired) electrons. The molecule has 0 fully saturated rings. The third-order valence-corrected chi connectivity index (χ3v) is 7.72. The lowest BCUT2D eigenvalue weighted by Crippen LogP contribution is -1.97. The zero-order valence-electron chi connectivity index (χ0n) is 22.2. The van der Waals surface area contributed by atoms with Gasteiger partial charge in [-0.2, -0.15) is 0 Å². The Morgan fingerprint density at radius 3 is 1.84 bits per heavy atom. The van der Waals surface area contributed by atoms with Crippen molar-refractivity contribution in [2.24, 2.45) is 0 Å². The van der Waals surface area contributed by atoms with Crippen LogP contribution in [0.4, 0.5) is 0 Å². The van der Waals surface area contributed by atoms with Crippen molar-refractivity contribution in [3.05, 3.63) is 167 Å². The van der Waals surface area contributed by atoms with Crippen LogP contribution in [0.5, 0.6) is 0 Å². The van der Waals surface area contributed by atoms with Crippen LogP contribution >= 0.6 is 0 Å². The minimum Gasteiger partial charge on any atom is -0.0905 e. The fourth-order valence-corrected chi connectivity index (χ4v) is 5.73. The van der Waals surface area contributed by atoms with Gasteiger partial charge < -0.3 is 0 Å². The average molecular weight is 489 g/mol. The molecule has 2 aliphatic carbocycles. The lowest BCUT2D eigenvalue weighted by Gasteiger charge is -2.18. The molecule has 0 saturated heterocycles. The Hall–Kier alpha value is -4.42. The summed E-state index contributed by atoms with van der Waals surface area (Å²) in [5.41, 5.74) is 16.4. The Bertz CT molecular complexity index is 1670. The zero-order chi connectivity index (χ0) is 26.1. The first-order valence-electron chi connectivity index (χ1n) is 13.4.